The Morgan fingerprint density at radius 2 is 1.37 bits per heavy atom. The van der Waals surface area contributed by atoms with Gasteiger partial charge in [0.1, 0.15) is 6.29 Å². The Labute approximate surface area is 112 Å². The molecular weight excluding hydrogens is 260 g/mol. The maximum atomic E-state index is 12.0. The van der Waals surface area contributed by atoms with Crippen LogP contribution in [0.5, 0.6) is 0 Å². The third-order valence-electron chi connectivity index (χ3n) is 2.58. The van der Waals surface area contributed by atoms with Crippen LogP contribution in [0, 0.1) is 0 Å². The van der Waals surface area contributed by atoms with Crippen LogP contribution in [-0.2, 0) is 9.84 Å². The molecule has 4 heteroatoms. The zero-order chi connectivity index (χ0) is 13.7. The third kappa shape index (κ3) is 3.39. The van der Waals surface area contributed by atoms with E-state index in [1.54, 1.807) is 54.6 Å². The lowest BCUT2D eigenvalue weighted by Gasteiger charge is -1.98. The second kappa shape index (κ2) is 5.63. The molecule has 0 fully saturated rings. The molecule has 0 bridgehead atoms. The van der Waals surface area contributed by atoms with E-state index in [0.29, 0.717) is 5.56 Å². The maximum absolute atomic E-state index is 12.0. The molecule has 0 aliphatic rings. The quantitative estimate of drug-likeness (QED) is 0.804. The van der Waals surface area contributed by atoms with Crippen LogP contribution in [0.1, 0.15) is 15.9 Å². The molecule has 0 unspecified atom stereocenters. The Morgan fingerprint density at radius 3 is 1.95 bits per heavy atom. The summed E-state index contributed by atoms with van der Waals surface area (Å²) in [6.45, 7) is 0. The molecule has 0 amide bonds. The van der Waals surface area contributed by atoms with Gasteiger partial charge in [-0.25, -0.2) is 8.42 Å². The summed E-state index contributed by atoms with van der Waals surface area (Å²) in [6.07, 6.45) is 2.26. The normalized spacial score (nSPS) is 11.6. The van der Waals surface area contributed by atoms with Crippen LogP contribution < -0.4 is 0 Å². The summed E-state index contributed by atoms with van der Waals surface area (Å²) in [6, 6.07) is 14.9. The number of carbonyl (C=O) groups excluding carboxylic acids is 1. The summed E-state index contributed by atoms with van der Waals surface area (Å²) in [5, 5.41) is 1.16. The molecule has 0 aromatic heterocycles. The SMILES string of the molecule is O=Cc1ccc(C=CS(=O)(=O)c2ccccc2)cc1. The van der Waals surface area contributed by atoms with Crippen molar-refractivity contribution in [2.45, 2.75) is 4.90 Å². The van der Waals surface area contributed by atoms with Crippen LogP contribution in [0.4, 0.5) is 0 Å². The maximum Gasteiger partial charge on any atom is 0.199 e. The molecule has 0 radical (unpaired) electrons. The molecule has 0 aliphatic carbocycles. The average Bonchev–Trinajstić information content (AvgIpc) is 2.47. The molecular formula is C15H12O3S. The highest BCUT2D eigenvalue weighted by molar-refractivity contribution is 7.94. The summed E-state index contributed by atoms with van der Waals surface area (Å²) >= 11 is 0. The molecule has 0 saturated heterocycles. The van der Waals surface area contributed by atoms with Crippen LogP contribution in [-0.4, -0.2) is 14.7 Å². The van der Waals surface area contributed by atoms with Crippen LogP contribution in [0.15, 0.2) is 64.9 Å². The van der Waals surface area contributed by atoms with E-state index in [2.05, 4.69) is 0 Å². The Hall–Kier alpha value is -2.20. The second-order valence-electron chi connectivity index (χ2n) is 3.95. The van der Waals surface area contributed by atoms with Crippen molar-refractivity contribution in [3.63, 3.8) is 0 Å². The Balaban J connectivity index is 2.24. The largest absolute Gasteiger partial charge is 0.298 e. The lowest BCUT2D eigenvalue weighted by atomic mass is 10.1. The van der Waals surface area contributed by atoms with Gasteiger partial charge < -0.3 is 0 Å². The molecule has 19 heavy (non-hydrogen) atoms. The summed E-state index contributed by atoms with van der Waals surface area (Å²) < 4.78 is 24.0. The summed E-state index contributed by atoms with van der Waals surface area (Å²) in [4.78, 5) is 10.8. The minimum absolute atomic E-state index is 0.260. The molecule has 0 aliphatic heterocycles. The first-order valence-corrected chi connectivity index (χ1v) is 7.20. The number of carbonyl (C=O) groups is 1. The van der Waals surface area contributed by atoms with E-state index < -0.39 is 9.84 Å². The highest BCUT2D eigenvalue weighted by Gasteiger charge is 2.08. The molecule has 0 N–H and O–H groups in total. The van der Waals surface area contributed by atoms with Gasteiger partial charge in [0.15, 0.2) is 9.84 Å². The van der Waals surface area contributed by atoms with Crippen molar-refractivity contribution in [3.8, 4) is 0 Å². The van der Waals surface area contributed by atoms with E-state index in [1.165, 1.54) is 6.08 Å². The van der Waals surface area contributed by atoms with E-state index in [1.807, 2.05) is 0 Å². The van der Waals surface area contributed by atoms with Crippen molar-refractivity contribution in [2.75, 3.05) is 0 Å². The van der Waals surface area contributed by atoms with Crippen molar-refractivity contribution < 1.29 is 13.2 Å². The summed E-state index contributed by atoms with van der Waals surface area (Å²) in [7, 11) is -3.42. The van der Waals surface area contributed by atoms with E-state index in [-0.39, 0.29) is 4.90 Å². The van der Waals surface area contributed by atoms with Crippen molar-refractivity contribution in [3.05, 3.63) is 71.1 Å². The highest BCUT2D eigenvalue weighted by Crippen LogP contribution is 2.13. The Kier molecular flexibility index (Phi) is 3.92. The summed E-state index contributed by atoms with van der Waals surface area (Å²) in [5.41, 5.74) is 1.29. The van der Waals surface area contributed by atoms with Crippen LogP contribution >= 0.6 is 0 Å². The first kappa shape index (κ1) is 13.2. The zero-order valence-corrected chi connectivity index (χ0v) is 10.9. The fraction of sp³-hybridized carbons (Fsp3) is 0. The van der Waals surface area contributed by atoms with Crippen molar-refractivity contribution in [2.24, 2.45) is 0 Å². The molecule has 0 saturated carbocycles. The lowest BCUT2D eigenvalue weighted by molar-refractivity contribution is 0.112. The minimum atomic E-state index is -3.42. The number of sulfone groups is 1. The predicted molar refractivity (Wildman–Crippen MR) is 74.5 cm³/mol. The molecule has 2 aromatic rings. The van der Waals surface area contributed by atoms with E-state index >= 15 is 0 Å². The number of rotatable bonds is 4. The van der Waals surface area contributed by atoms with E-state index in [0.717, 1.165) is 17.3 Å². The standard InChI is InChI=1S/C15H12O3S/c16-12-14-8-6-13(7-9-14)10-11-19(17,18)15-4-2-1-3-5-15/h1-12H. The fourth-order valence-corrected chi connectivity index (χ4v) is 2.57. The monoisotopic (exact) mass is 272 g/mol. The third-order valence-corrected chi connectivity index (χ3v) is 4.01. The van der Waals surface area contributed by atoms with Gasteiger partial charge in [-0.2, -0.15) is 0 Å². The number of aldehydes is 1. The second-order valence-corrected chi connectivity index (χ2v) is 5.78. The Morgan fingerprint density at radius 1 is 0.789 bits per heavy atom. The molecule has 2 aromatic carbocycles. The van der Waals surface area contributed by atoms with Gasteiger partial charge in [-0.3, -0.25) is 4.79 Å². The van der Waals surface area contributed by atoms with Gasteiger partial charge in [0.05, 0.1) is 4.90 Å². The van der Waals surface area contributed by atoms with Crippen molar-refractivity contribution in [1.82, 2.24) is 0 Å². The van der Waals surface area contributed by atoms with Crippen LogP contribution in [0.2, 0.25) is 0 Å². The van der Waals surface area contributed by atoms with Gasteiger partial charge >= 0.3 is 0 Å². The minimum Gasteiger partial charge on any atom is -0.298 e. The van der Waals surface area contributed by atoms with Gasteiger partial charge in [0.2, 0.25) is 0 Å². The molecule has 3 nitrogen and oxygen atoms in total. The summed E-state index contributed by atoms with van der Waals surface area (Å²) in [5.74, 6) is 0. The van der Waals surface area contributed by atoms with Crippen LogP contribution in [0.25, 0.3) is 6.08 Å². The highest BCUT2D eigenvalue weighted by atomic mass is 32.2. The van der Waals surface area contributed by atoms with E-state index in [9.17, 15) is 13.2 Å². The molecule has 96 valence electrons. The Bertz CT molecular complexity index is 684. The first-order valence-electron chi connectivity index (χ1n) is 5.65. The van der Waals surface area contributed by atoms with Gasteiger partial charge in [0, 0.05) is 11.0 Å². The van der Waals surface area contributed by atoms with Crippen LogP contribution in [0.3, 0.4) is 0 Å². The number of benzene rings is 2. The van der Waals surface area contributed by atoms with Crippen molar-refractivity contribution >= 4 is 22.2 Å². The topological polar surface area (TPSA) is 51.2 Å². The number of hydrogen-bond donors (Lipinski definition) is 0. The fourth-order valence-electron chi connectivity index (χ4n) is 1.54. The predicted octanol–water partition coefficient (Wildman–Crippen LogP) is 2.94. The van der Waals surface area contributed by atoms with Gasteiger partial charge in [-0.15, -0.1) is 0 Å². The first-order chi connectivity index (χ1) is 9.12. The lowest BCUT2D eigenvalue weighted by Crippen LogP contribution is -1.95. The van der Waals surface area contributed by atoms with Gasteiger partial charge in [0.25, 0.3) is 0 Å². The van der Waals surface area contributed by atoms with E-state index in [4.69, 9.17) is 0 Å². The average molecular weight is 272 g/mol. The zero-order valence-electron chi connectivity index (χ0n) is 10.1. The molecule has 0 heterocycles. The smallest absolute Gasteiger partial charge is 0.199 e. The molecule has 0 spiro atoms. The molecule has 2 rings (SSSR count). The van der Waals surface area contributed by atoms with Gasteiger partial charge in [-0.05, 0) is 23.8 Å². The van der Waals surface area contributed by atoms with Crippen molar-refractivity contribution in [1.29, 1.82) is 0 Å². The number of hydrogen-bond acceptors (Lipinski definition) is 3. The van der Waals surface area contributed by atoms with Gasteiger partial charge in [-0.1, -0.05) is 42.5 Å². The molecule has 0 atom stereocenters.